The van der Waals surface area contributed by atoms with Crippen LogP contribution >= 0.6 is 0 Å². The van der Waals surface area contributed by atoms with Crippen LogP contribution in [0.1, 0.15) is 38.2 Å². The molecule has 23 heavy (non-hydrogen) atoms. The Balaban J connectivity index is 1.81. The number of nitrogens with zero attached hydrogens (tertiary/aromatic N) is 2. The Labute approximate surface area is 138 Å². The minimum Gasteiger partial charge on any atom is -0.378 e. The van der Waals surface area contributed by atoms with E-state index in [1.54, 1.807) is 0 Å². The van der Waals surface area contributed by atoms with E-state index in [0.717, 1.165) is 31.2 Å². The van der Waals surface area contributed by atoms with Gasteiger partial charge in [0.25, 0.3) is 0 Å². The average molecular weight is 313 g/mol. The topological polar surface area (TPSA) is 41.1 Å². The Bertz CT molecular complexity index is 639. The molecule has 0 spiro atoms. The molecular weight excluding hydrogens is 286 g/mol. The first kappa shape index (κ1) is 16.2. The van der Waals surface area contributed by atoms with Gasteiger partial charge in [0.05, 0.1) is 31.1 Å². The molecule has 1 aliphatic heterocycles. The monoisotopic (exact) mass is 313 g/mol. The van der Waals surface area contributed by atoms with E-state index in [0.29, 0.717) is 6.61 Å². The molecule has 1 atom stereocenters. The highest BCUT2D eigenvalue weighted by molar-refractivity contribution is 5.58. The Morgan fingerprint density at radius 2 is 2.00 bits per heavy atom. The number of H-pyrrole nitrogens is 1. The van der Waals surface area contributed by atoms with Gasteiger partial charge in [-0.05, 0) is 17.9 Å². The molecule has 0 aliphatic carbocycles. The second kappa shape index (κ2) is 6.46. The Morgan fingerprint density at radius 1 is 1.26 bits per heavy atom. The van der Waals surface area contributed by atoms with E-state index < -0.39 is 0 Å². The van der Waals surface area contributed by atoms with Gasteiger partial charge < -0.3 is 9.72 Å². The first-order valence-corrected chi connectivity index (χ1v) is 8.36. The van der Waals surface area contributed by atoms with E-state index in [2.05, 4.69) is 66.8 Å². The normalized spacial score (nSPS) is 19.9. The molecular formula is C19H27N3O. The molecule has 1 N–H and O–H groups in total. The van der Waals surface area contributed by atoms with Gasteiger partial charge in [0, 0.05) is 13.1 Å². The van der Waals surface area contributed by atoms with Crippen molar-refractivity contribution in [1.82, 2.24) is 14.9 Å². The van der Waals surface area contributed by atoms with Gasteiger partial charge >= 0.3 is 0 Å². The van der Waals surface area contributed by atoms with Crippen molar-refractivity contribution in [3.8, 4) is 11.3 Å². The number of rotatable bonds is 3. The summed E-state index contributed by atoms with van der Waals surface area (Å²) in [4.78, 5) is 10.6. The summed E-state index contributed by atoms with van der Waals surface area (Å²) in [7, 11) is 0. The lowest BCUT2D eigenvalue weighted by molar-refractivity contribution is -0.0246. The van der Waals surface area contributed by atoms with Gasteiger partial charge in [-0.15, -0.1) is 0 Å². The van der Waals surface area contributed by atoms with Crippen molar-refractivity contribution in [3.05, 3.63) is 41.9 Å². The molecule has 0 saturated carbocycles. The average Bonchev–Trinajstić information content (AvgIpc) is 2.96. The van der Waals surface area contributed by atoms with E-state index in [4.69, 9.17) is 4.74 Å². The zero-order chi connectivity index (χ0) is 16.4. The molecule has 4 heteroatoms. The van der Waals surface area contributed by atoms with Crippen molar-refractivity contribution >= 4 is 0 Å². The van der Waals surface area contributed by atoms with Gasteiger partial charge in [-0.3, -0.25) is 4.90 Å². The van der Waals surface area contributed by atoms with Gasteiger partial charge in [0.1, 0.15) is 5.82 Å². The minimum absolute atomic E-state index is 0.210. The number of hydrogen-bond donors (Lipinski definition) is 1. The number of benzene rings is 1. The van der Waals surface area contributed by atoms with Crippen LogP contribution in [0, 0.1) is 12.3 Å². The summed E-state index contributed by atoms with van der Waals surface area (Å²) in [5, 5.41) is 0. The fourth-order valence-electron chi connectivity index (χ4n) is 3.07. The van der Waals surface area contributed by atoms with Crippen LogP contribution in [0.2, 0.25) is 0 Å². The largest absolute Gasteiger partial charge is 0.378 e. The molecule has 1 aromatic carbocycles. The van der Waals surface area contributed by atoms with Crippen molar-refractivity contribution < 1.29 is 4.74 Å². The molecule has 1 saturated heterocycles. The van der Waals surface area contributed by atoms with Crippen LogP contribution in [0.3, 0.4) is 0 Å². The molecule has 124 valence electrons. The quantitative estimate of drug-likeness (QED) is 0.937. The predicted molar refractivity (Wildman–Crippen MR) is 93.3 cm³/mol. The number of aryl methyl sites for hydroxylation is 1. The number of imidazole rings is 1. The Kier molecular flexibility index (Phi) is 4.55. The van der Waals surface area contributed by atoms with Crippen molar-refractivity contribution in [1.29, 1.82) is 0 Å². The summed E-state index contributed by atoms with van der Waals surface area (Å²) in [5.74, 6) is 1.00. The van der Waals surface area contributed by atoms with Crippen molar-refractivity contribution in [2.75, 3.05) is 26.3 Å². The summed E-state index contributed by atoms with van der Waals surface area (Å²) in [5.41, 5.74) is 3.78. The molecule has 4 nitrogen and oxygen atoms in total. The maximum absolute atomic E-state index is 5.71. The maximum Gasteiger partial charge on any atom is 0.126 e. The smallest absolute Gasteiger partial charge is 0.126 e. The van der Waals surface area contributed by atoms with E-state index in [-0.39, 0.29) is 11.5 Å². The van der Waals surface area contributed by atoms with Crippen LogP contribution < -0.4 is 0 Å². The fourth-order valence-corrected chi connectivity index (χ4v) is 3.07. The van der Waals surface area contributed by atoms with Gasteiger partial charge in [-0.2, -0.15) is 0 Å². The zero-order valence-corrected chi connectivity index (χ0v) is 14.6. The molecule has 2 aromatic rings. The molecule has 3 rings (SSSR count). The summed E-state index contributed by atoms with van der Waals surface area (Å²) in [6.07, 6.45) is 1.93. The van der Waals surface area contributed by atoms with Crippen molar-refractivity contribution in [2.24, 2.45) is 5.41 Å². The minimum atomic E-state index is 0.210. The van der Waals surface area contributed by atoms with Gasteiger partial charge in [0.15, 0.2) is 0 Å². The summed E-state index contributed by atoms with van der Waals surface area (Å²) in [6.45, 7) is 12.4. The molecule has 2 heterocycles. The highest BCUT2D eigenvalue weighted by Gasteiger charge is 2.29. The first-order valence-electron chi connectivity index (χ1n) is 8.36. The van der Waals surface area contributed by atoms with E-state index in [9.17, 15) is 0 Å². The van der Waals surface area contributed by atoms with Crippen LogP contribution in [-0.2, 0) is 4.74 Å². The SMILES string of the molecule is Cc1ccc(-c2cnc(C3COCCN3CC(C)(C)C)[nH]2)cc1. The number of ether oxygens (including phenoxy) is 1. The Hall–Kier alpha value is -1.65. The summed E-state index contributed by atoms with van der Waals surface area (Å²) < 4.78 is 5.71. The Morgan fingerprint density at radius 3 is 2.70 bits per heavy atom. The first-order chi connectivity index (χ1) is 10.9. The second-order valence-electron chi connectivity index (χ2n) is 7.67. The lowest BCUT2D eigenvalue weighted by atomic mass is 9.95. The maximum atomic E-state index is 5.71. The van der Waals surface area contributed by atoms with E-state index in [1.807, 2.05) is 6.20 Å². The molecule has 0 radical (unpaired) electrons. The third kappa shape index (κ3) is 4.01. The molecule has 0 bridgehead atoms. The van der Waals surface area contributed by atoms with Crippen molar-refractivity contribution in [2.45, 2.75) is 33.7 Å². The highest BCUT2D eigenvalue weighted by Crippen LogP contribution is 2.28. The van der Waals surface area contributed by atoms with E-state index >= 15 is 0 Å². The highest BCUT2D eigenvalue weighted by atomic mass is 16.5. The zero-order valence-electron chi connectivity index (χ0n) is 14.6. The van der Waals surface area contributed by atoms with Gasteiger partial charge in [0.2, 0.25) is 0 Å². The second-order valence-corrected chi connectivity index (χ2v) is 7.67. The van der Waals surface area contributed by atoms with Crippen LogP contribution in [0.4, 0.5) is 0 Å². The number of hydrogen-bond acceptors (Lipinski definition) is 3. The number of nitrogens with one attached hydrogen (secondary N) is 1. The van der Waals surface area contributed by atoms with Gasteiger partial charge in [-0.25, -0.2) is 4.98 Å². The predicted octanol–water partition coefficient (Wildman–Crippen LogP) is 3.80. The van der Waals surface area contributed by atoms with Crippen molar-refractivity contribution in [3.63, 3.8) is 0 Å². The van der Waals surface area contributed by atoms with E-state index in [1.165, 1.54) is 11.1 Å². The van der Waals surface area contributed by atoms with Crippen LogP contribution in [0.25, 0.3) is 11.3 Å². The number of morpholine rings is 1. The molecule has 1 aromatic heterocycles. The third-order valence-corrected chi connectivity index (χ3v) is 4.19. The van der Waals surface area contributed by atoms with Crippen LogP contribution in [-0.4, -0.2) is 41.2 Å². The number of aromatic nitrogens is 2. The third-order valence-electron chi connectivity index (χ3n) is 4.19. The lowest BCUT2D eigenvalue weighted by Crippen LogP contribution is -2.44. The van der Waals surface area contributed by atoms with Gasteiger partial charge in [-0.1, -0.05) is 50.6 Å². The summed E-state index contributed by atoms with van der Waals surface area (Å²) in [6, 6.07) is 8.74. The summed E-state index contributed by atoms with van der Waals surface area (Å²) >= 11 is 0. The number of aromatic amines is 1. The van der Waals surface area contributed by atoms with Crippen LogP contribution in [0.5, 0.6) is 0 Å². The lowest BCUT2D eigenvalue weighted by Gasteiger charge is -2.38. The standard InChI is InChI=1S/C19H27N3O/c1-14-5-7-15(8-6-14)16-11-20-18(21-16)17-12-23-10-9-22(17)13-19(2,3)4/h5-8,11,17H,9-10,12-13H2,1-4H3,(H,20,21). The molecule has 1 aliphatic rings. The fraction of sp³-hybridized carbons (Fsp3) is 0.526. The molecule has 0 amide bonds. The molecule has 1 fully saturated rings. The van der Waals surface area contributed by atoms with Crippen LogP contribution in [0.15, 0.2) is 30.5 Å². The molecule has 1 unspecified atom stereocenters.